The van der Waals surface area contributed by atoms with Gasteiger partial charge in [-0.1, -0.05) is 18.2 Å². The number of hydrogen-bond acceptors (Lipinski definition) is 5. The summed E-state index contributed by atoms with van der Waals surface area (Å²) in [4.78, 5) is 25.4. The van der Waals surface area contributed by atoms with Crippen molar-refractivity contribution in [3.63, 3.8) is 0 Å². The van der Waals surface area contributed by atoms with E-state index in [1.165, 1.54) is 4.90 Å². The minimum atomic E-state index is -4.54. The Morgan fingerprint density at radius 3 is 2.57 bits per heavy atom. The van der Waals surface area contributed by atoms with Crippen molar-refractivity contribution in [2.45, 2.75) is 18.5 Å². The van der Waals surface area contributed by atoms with Crippen LogP contribution >= 0.6 is 0 Å². The maximum absolute atomic E-state index is 12.2. The Morgan fingerprint density at radius 1 is 1.30 bits per heavy atom. The summed E-state index contributed by atoms with van der Waals surface area (Å²) >= 11 is 0. The second-order valence-corrected chi connectivity index (χ2v) is 6.51. The monoisotopic (exact) mass is 349 g/mol. The molecule has 2 N–H and O–H groups in total. The third-order valence-corrected chi connectivity index (χ3v) is 4.87. The summed E-state index contributed by atoms with van der Waals surface area (Å²) in [6, 6.07) is 7.71. The van der Waals surface area contributed by atoms with E-state index in [-0.39, 0.29) is 42.0 Å². The van der Waals surface area contributed by atoms with Gasteiger partial charge >= 0.3 is 39.9 Å². The number of nitrogens with zero attached hydrogens (tertiary/aromatic N) is 2. The third kappa shape index (κ3) is 3.38. The van der Waals surface area contributed by atoms with Crippen molar-refractivity contribution in [2.24, 2.45) is 0 Å². The van der Waals surface area contributed by atoms with Gasteiger partial charge in [0.2, 0.25) is 5.91 Å². The molecule has 2 heterocycles. The molecular formula is C13H16N3NaO5S. The molecule has 0 spiro atoms. The molecule has 2 atom stereocenters. The van der Waals surface area contributed by atoms with E-state index in [0.717, 1.165) is 5.69 Å². The number of anilines is 1. The van der Waals surface area contributed by atoms with Crippen LogP contribution in [0.15, 0.2) is 30.3 Å². The van der Waals surface area contributed by atoms with Crippen molar-refractivity contribution < 1.29 is 22.6 Å². The molecule has 23 heavy (non-hydrogen) atoms. The van der Waals surface area contributed by atoms with E-state index in [9.17, 15) is 18.0 Å². The number of rotatable bonds is 4. The first-order valence-electron chi connectivity index (χ1n) is 6.78. The molecule has 1 aromatic rings. The fourth-order valence-corrected chi connectivity index (χ4v) is 3.83. The number of benzene rings is 1. The molecule has 3 rings (SSSR count). The molecule has 2 aliphatic rings. The minimum absolute atomic E-state index is 0. The Bertz CT molecular complexity index is 712. The van der Waals surface area contributed by atoms with Gasteiger partial charge in [-0.05, 0) is 18.6 Å². The number of likely N-dealkylation sites (tertiary alicyclic amines) is 1. The van der Waals surface area contributed by atoms with E-state index in [1.54, 1.807) is 0 Å². The Morgan fingerprint density at radius 2 is 1.96 bits per heavy atom. The molecule has 0 unspecified atom stereocenters. The molecule has 120 valence electrons. The van der Waals surface area contributed by atoms with Crippen molar-refractivity contribution in [3.8, 4) is 0 Å². The van der Waals surface area contributed by atoms with Crippen LogP contribution in [0.1, 0.15) is 6.42 Å². The van der Waals surface area contributed by atoms with Gasteiger partial charge in [0.25, 0.3) is 5.91 Å². The average Bonchev–Trinajstić information content (AvgIpc) is 2.83. The van der Waals surface area contributed by atoms with Crippen LogP contribution in [0.5, 0.6) is 0 Å². The SMILES string of the molecule is O=C(CNc1ccccc1)N1CC[C@@H]2[C@H]1C(=O)N2S(=O)(=O)O.[NaH]. The predicted molar refractivity (Wildman–Crippen MR) is 84.4 cm³/mol. The van der Waals surface area contributed by atoms with Gasteiger partial charge in [-0.15, -0.1) is 0 Å². The van der Waals surface area contributed by atoms with Gasteiger partial charge in [-0.25, -0.2) is 4.31 Å². The summed E-state index contributed by atoms with van der Waals surface area (Å²) in [6.07, 6.45) is 0.341. The molecule has 2 fully saturated rings. The van der Waals surface area contributed by atoms with Crippen LogP contribution in [0.4, 0.5) is 5.69 Å². The van der Waals surface area contributed by atoms with Gasteiger partial charge in [-0.2, -0.15) is 8.42 Å². The molecule has 1 aromatic carbocycles. The standard InChI is InChI=1S/C13H15N3O5S.Na.H/c17-11(8-14-9-4-2-1-3-5-9)15-7-6-10-12(15)13(18)16(10)22(19,20)21;;/h1-5,10,12,14H,6-8H2,(H,19,20,21);;/t10-,12+;;/m1../s1. The summed E-state index contributed by atoms with van der Waals surface area (Å²) in [7, 11) is -4.54. The fraction of sp³-hybridized carbons (Fsp3) is 0.385. The number of carbonyl (C=O) groups excluding carboxylic acids is 2. The fourth-order valence-electron chi connectivity index (χ4n) is 2.93. The van der Waals surface area contributed by atoms with Crippen molar-refractivity contribution in [2.75, 3.05) is 18.4 Å². The quantitative estimate of drug-likeness (QED) is 0.413. The van der Waals surface area contributed by atoms with Crippen LogP contribution in [-0.4, -0.2) is 88.7 Å². The first kappa shape index (κ1) is 18.2. The van der Waals surface area contributed by atoms with Gasteiger partial charge in [0.15, 0.2) is 0 Å². The zero-order valence-electron chi connectivity index (χ0n) is 11.5. The molecule has 0 aliphatic carbocycles. The predicted octanol–water partition coefficient (Wildman–Crippen LogP) is -0.935. The van der Waals surface area contributed by atoms with Gasteiger partial charge in [0.05, 0.1) is 12.6 Å². The van der Waals surface area contributed by atoms with Crippen LogP contribution in [0.25, 0.3) is 0 Å². The van der Waals surface area contributed by atoms with Crippen molar-refractivity contribution >= 4 is 57.4 Å². The number of β-lactam (4-membered cyclic amide) rings is 1. The van der Waals surface area contributed by atoms with Crippen LogP contribution in [0, 0.1) is 0 Å². The molecule has 0 bridgehead atoms. The first-order chi connectivity index (χ1) is 10.4. The second kappa shape index (κ2) is 6.78. The normalized spacial score (nSPS) is 22.9. The molecule has 10 heteroatoms. The zero-order chi connectivity index (χ0) is 15.9. The third-order valence-electron chi connectivity index (χ3n) is 3.92. The van der Waals surface area contributed by atoms with E-state index in [4.69, 9.17) is 4.55 Å². The van der Waals surface area contributed by atoms with Crippen molar-refractivity contribution in [1.82, 2.24) is 9.21 Å². The summed E-state index contributed by atoms with van der Waals surface area (Å²) in [6.45, 7) is 0.314. The van der Waals surface area contributed by atoms with E-state index >= 15 is 0 Å². The maximum atomic E-state index is 12.2. The van der Waals surface area contributed by atoms with Gasteiger partial charge in [-0.3, -0.25) is 14.1 Å². The van der Waals surface area contributed by atoms with E-state index in [2.05, 4.69) is 5.32 Å². The van der Waals surface area contributed by atoms with Crippen molar-refractivity contribution in [3.05, 3.63) is 30.3 Å². The summed E-state index contributed by atoms with van der Waals surface area (Å²) < 4.78 is 31.6. The summed E-state index contributed by atoms with van der Waals surface area (Å²) in [5, 5.41) is 2.95. The number of carbonyl (C=O) groups is 2. The van der Waals surface area contributed by atoms with E-state index in [0.29, 0.717) is 17.3 Å². The average molecular weight is 349 g/mol. The van der Waals surface area contributed by atoms with Crippen LogP contribution < -0.4 is 5.32 Å². The van der Waals surface area contributed by atoms with Crippen LogP contribution in [0.2, 0.25) is 0 Å². The van der Waals surface area contributed by atoms with Gasteiger partial charge < -0.3 is 10.2 Å². The number of amides is 2. The zero-order valence-corrected chi connectivity index (χ0v) is 12.4. The molecule has 8 nitrogen and oxygen atoms in total. The second-order valence-electron chi connectivity index (χ2n) is 5.22. The van der Waals surface area contributed by atoms with E-state index < -0.39 is 28.3 Å². The first-order valence-corrected chi connectivity index (χ1v) is 8.18. The molecule has 2 amide bonds. The number of para-hydroxylation sites is 1. The summed E-state index contributed by atoms with van der Waals surface area (Å²) in [5.41, 5.74) is 0.783. The van der Waals surface area contributed by atoms with E-state index in [1.807, 2.05) is 30.3 Å². The van der Waals surface area contributed by atoms with Gasteiger partial charge in [0, 0.05) is 12.2 Å². The van der Waals surface area contributed by atoms with Crippen molar-refractivity contribution in [1.29, 1.82) is 0 Å². The molecule has 0 saturated carbocycles. The Balaban J connectivity index is 0.00000192. The Hall–Kier alpha value is -1.13. The van der Waals surface area contributed by atoms with Crippen LogP contribution in [-0.2, 0) is 19.9 Å². The number of nitrogens with one attached hydrogen (secondary N) is 1. The van der Waals surface area contributed by atoms with Gasteiger partial charge in [0.1, 0.15) is 6.04 Å². The number of fused-ring (bicyclic) bond motifs is 1. The molecular weight excluding hydrogens is 333 g/mol. The Labute approximate surface area is 156 Å². The molecule has 2 aliphatic heterocycles. The topological polar surface area (TPSA) is 107 Å². The molecule has 0 radical (unpaired) electrons. The molecule has 2 saturated heterocycles. The van der Waals surface area contributed by atoms with Crippen LogP contribution in [0.3, 0.4) is 0 Å². The summed E-state index contributed by atoms with van der Waals surface area (Å²) in [5.74, 6) is -1.03. The molecule has 0 aromatic heterocycles. The number of hydrogen-bond donors (Lipinski definition) is 2. The Kier molecular flexibility index (Phi) is 5.37.